The Balaban J connectivity index is 2.21. The van der Waals surface area contributed by atoms with E-state index >= 15 is 0 Å². The van der Waals surface area contributed by atoms with E-state index in [9.17, 15) is 4.79 Å². The molecule has 1 aliphatic heterocycles. The van der Waals surface area contributed by atoms with Crippen LogP contribution in [0.15, 0.2) is 35.5 Å². The van der Waals surface area contributed by atoms with Gasteiger partial charge in [0.2, 0.25) is 0 Å². The van der Waals surface area contributed by atoms with E-state index in [-0.39, 0.29) is 5.91 Å². The zero-order valence-corrected chi connectivity index (χ0v) is 8.30. The van der Waals surface area contributed by atoms with Gasteiger partial charge in [-0.15, -0.1) is 0 Å². The number of benzene rings is 1. The maximum atomic E-state index is 11.7. The molecule has 2 rings (SSSR count). The van der Waals surface area contributed by atoms with Gasteiger partial charge in [0, 0.05) is 0 Å². The van der Waals surface area contributed by atoms with Gasteiger partial charge in [-0.05, 0) is 12.1 Å². The Labute approximate surface area is 87.3 Å². The summed E-state index contributed by atoms with van der Waals surface area (Å²) in [5.41, 5.74) is 4.10. The van der Waals surface area contributed by atoms with Crippen molar-refractivity contribution in [1.29, 1.82) is 0 Å². The standard InChI is InChI=1S/C10H11N3O2/c1-15-12-9-7-11-13(10(9)14)8-5-3-2-4-6-8/h2-6,11H,7H2,1H3/b12-9+. The lowest BCUT2D eigenvalue weighted by atomic mass is 10.3. The summed E-state index contributed by atoms with van der Waals surface area (Å²) in [6, 6.07) is 9.33. The van der Waals surface area contributed by atoms with E-state index in [2.05, 4.69) is 15.4 Å². The summed E-state index contributed by atoms with van der Waals surface area (Å²) in [6.45, 7) is 0.390. The summed E-state index contributed by atoms with van der Waals surface area (Å²) in [7, 11) is 1.42. The number of hydrazine groups is 1. The number of nitrogens with one attached hydrogen (secondary N) is 1. The van der Waals surface area contributed by atoms with Crippen LogP contribution in [0.1, 0.15) is 0 Å². The minimum Gasteiger partial charge on any atom is -0.399 e. The van der Waals surface area contributed by atoms with E-state index in [0.717, 1.165) is 5.69 Å². The molecule has 0 aliphatic carbocycles. The molecular formula is C10H11N3O2. The van der Waals surface area contributed by atoms with Crippen LogP contribution in [0, 0.1) is 0 Å². The van der Waals surface area contributed by atoms with Crippen molar-refractivity contribution < 1.29 is 9.63 Å². The zero-order chi connectivity index (χ0) is 10.7. The zero-order valence-electron chi connectivity index (χ0n) is 8.30. The van der Waals surface area contributed by atoms with Crippen LogP contribution in [0.4, 0.5) is 5.69 Å². The summed E-state index contributed by atoms with van der Waals surface area (Å²) < 4.78 is 0. The number of amides is 1. The molecule has 0 saturated carbocycles. The number of carbonyl (C=O) groups is 1. The van der Waals surface area contributed by atoms with Gasteiger partial charge >= 0.3 is 0 Å². The van der Waals surface area contributed by atoms with Crippen LogP contribution in [0.3, 0.4) is 0 Å². The van der Waals surface area contributed by atoms with Gasteiger partial charge in [0.1, 0.15) is 7.11 Å². The molecule has 0 radical (unpaired) electrons. The van der Waals surface area contributed by atoms with Gasteiger partial charge in [-0.1, -0.05) is 23.4 Å². The molecule has 15 heavy (non-hydrogen) atoms. The van der Waals surface area contributed by atoms with Crippen LogP contribution < -0.4 is 10.4 Å². The highest BCUT2D eigenvalue weighted by atomic mass is 16.6. The van der Waals surface area contributed by atoms with Crippen LogP contribution in [0.25, 0.3) is 0 Å². The van der Waals surface area contributed by atoms with Crippen LogP contribution in [-0.2, 0) is 9.63 Å². The molecule has 0 spiro atoms. The minimum atomic E-state index is -0.178. The molecule has 1 amide bonds. The fourth-order valence-electron chi connectivity index (χ4n) is 1.40. The average Bonchev–Trinajstić information content (AvgIpc) is 2.63. The Morgan fingerprint density at radius 2 is 2.13 bits per heavy atom. The molecule has 0 bridgehead atoms. The average molecular weight is 205 g/mol. The van der Waals surface area contributed by atoms with Gasteiger partial charge in [-0.2, -0.15) is 0 Å². The second-order valence-electron chi connectivity index (χ2n) is 3.03. The van der Waals surface area contributed by atoms with E-state index in [4.69, 9.17) is 0 Å². The molecule has 1 saturated heterocycles. The number of rotatable bonds is 2. The third kappa shape index (κ3) is 1.82. The summed E-state index contributed by atoms with van der Waals surface area (Å²) in [5, 5.41) is 5.10. The molecule has 0 atom stereocenters. The third-order valence-corrected chi connectivity index (χ3v) is 2.07. The van der Waals surface area contributed by atoms with E-state index in [1.54, 1.807) is 0 Å². The second-order valence-corrected chi connectivity index (χ2v) is 3.03. The molecule has 1 heterocycles. The van der Waals surface area contributed by atoms with Crippen LogP contribution in [0.5, 0.6) is 0 Å². The highest BCUT2D eigenvalue weighted by Crippen LogP contribution is 2.14. The minimum absolute atomic E-state index is 0.178. The molecule has 78 valence electrons. The van der Waals surface area contributed by atoms with Crippen LogP contribution in [0.2, 0.25) is 0 Å². The maximum absolute atomic E-state index is 11.7. The Morgan fingerprint density at radius 1 is 1.40 bits per heavy atom. The summed E-state index contributed by atoms with van der Waals surface area (Å²) in [4.78, 5) is 16.3. The summed E-state index contributed by atoms with van der Waals surface area (Å²) in [6.07, 6.45) is 0. The van der Waals surface area contributed by atoms with Gasteiger partial charge in [-0.3, -0.25) is 4.79 Å². The second kappa shape index (κ2) is 4.10. The van der Waals surface area contributed by atoms with Gasteiger partial charge in [0.05, 0.1) is 12.2 Å². The molecule has 1 N–H and O–H groups in total. The van der Waals surface area contributed by atoms with Crippen LogP contribution >= 0.6 is 0 Å². The largest absolute Gasteiger partial charge is 0.399 e. The molecule has 5 heteroatoms. The van der Waals surface area contributed by atoms with Crippen molar-refractivity contribution in [2.24, 2.45) is 5.16 Å². The Kier molecular flexibility index (Phi) is 2.64. The van der Waals surface area contributed by atoms with Gasteiger partial charge < -0.3 is 4.84 Å². The van der Waals surface area contributed by atoms with E-state index in [1.165, 1.54) is 12.1 Å². The van der Waals surface area contributed by atoms with Crippen molar-refractivity contribution in [2.75, 3.05) is 18.7 Å². The number of nitrogens with zero attached hydrogens (tertiary/aromatic N) is 2. The predicted molar refractivity (Wildman–Crippen MR) is 56.4 cm³/mol. The maximum Gasteiger partial charge on any atom is 0.291 e. The van der Waals surface area contributed by atoms with Gasteiger partial charge in [0.25, 0.3) is 5.91 Å². The van der Waals surface area contributed by atoms with Crippen LogP contribution in [-0.4, -0.2) is 25.3 Å². The van der Waals surface area contributed by atoms with E-state index < -0.39 is 0 Å². The first-order valence-corrected chi connectivity index (χ1v) is 4.56. The highest BCUT2D eigenvalue weighted by Gasteiger charge is 2.28. The fraction of sp³-hybridized carbons (Fsp3) is 0.200. The topological polar surface area (TPSA) is 53.9 Å². The Bertz CT molecular complexity index is 389. The number of para-hydroxylation sites is 1. The number of oxime groups is 1. The smallest absolute Gasteiger partial charge is 0.291 e. The van der Waals surface area contributed by atoms with Crippen molar-refractivity contribution in [3.05, 3.63) is 30.3 Å². The predicted octanol–water partition coefficient (Wildman–Crippen LogP) is 0.540. The highest BCUT2D eigenvalue weighted by molar-refractivity contribution is 6.46. The van der Waals surface area contributed by atoms with Crippen molar-refractivity contribution in [3.63, 3.8) is 0 Å². The number of anilines is 1. The first kappa shape index (κ1) is 9.67. The van der Waals surface area contributed by atoms with Crippen molar-refractivity contribution in [3.8, 4) is 0 Å². The third-order valence-electron chi connectivity index (χ3n) is 2.07. The first-order chi connectivity index (χ1) is 7.33. The number of hydrogen-bond acceptors (Lipinski definition) is 4. The van der Waals surface area contributed by atoms with Gasteiger partial charge in [-0.25, -0.2) is 10.4 Å². The van der Waals surface area contributed by atoms with E-state index in [0.29, 0.717) is 12.3 Å². The SMILES string of the molecule is CO/N=C1\CNN(c2ccccc2)C1=O. The molecule has 1 aromatic rings. The summed E-state index contributed by atoms with van der Waals surface area (Å²) in [5.74, 6) is -0.178. The molecule has 0 aromatic heterocycles. The Morgan fingerprint density at radius 3 is 2.80 bits per heavy atom. The van der Waals surface area contributed by atoms with Crippen molar-refractivity contribution >= 4 is 17.3 Å². The van der Waals surface area contributed by atoms with Crippen molar-refractivity contribution in [2.45, 2.75) is 0 Å². The molecule has 1 aliphatic rings. The van der Waals surface area contributed by atoms with E-state index in [1.807, 2.05) is 30.3 Å². The normalized spacial score (nSPS) is 18.6. The fourth-order valence-corrected chi connectivity index (χ4v) is 1.40. The Hall–Kier alpha value is -1.88. The lowest BCUT2D eigenvalue weighted by Gasteiger charge is -2.14. The monoisotopic (exact) mass is 205 g/mol. The number of hydrogen-bond donors (Lipinski definition) is 1. The summed E-state index contributed by atoms with van der Waals surface area (Å²) >= 11 is 0. The van der Waals surface area contributed by atoms with Gasteiger partial charge in [0.15, 0.2) is 5.71 Å². The molecule has 1 aromatic carbocycles. The quantitative estimate of drug-likeness (QED) is 0.717. The van der Waals surface area contributed by atoms with Crippen molar-refractivity contribution in [1.82, 2.24) is 5.43 Å². The lowest BCUT2D eigenvalue weighted by Crippen LogP contribution is -2.34. The molecule has 5 nitrogen and oxygen atoms in total. The molecule has 0 unspecified atom stereocenters. The first-order valence-electron chi connectivity index (χ1n) is 4.56. The lowest BCUT2D eigenvalue weighted by molar-refractivity contribution is -0.112. The number of carbonyl (C=O) groups excluding carboxylic acids is 1. The molecule has 1 fully saturated rings. The molecular weight excluding hydrogens is 194 g/mol.